The smallest absolute Gasteiger partial charge is 0.234 e. The number of nitrogens with zero attached hydrogens (tertiary/aromatic N) is 2. The van der Waals surface area contributed by atoms with Gasteiger partial charge in [-0.25, -0.2) is 0 Å². The first-order valence-corrected chi connectivity index (χ1v) is 7.60. The highest BCUT2D eigenvalue weighted by Crippen LogP contribution is 2.10. The lowest BCUT2D eigenvalue weighted by Crippen LogP contribution is -2.43. The molecule has 0 atom stereocenters. The van der Waals surface area contributed by atoms with Crippen molar-refractivity contribution in [2.45, 2.75) is 38.2 Å². The summed E-state index contributed by atoms with van der Waals surface area (Å²) in [6, 6.07) is 0. The molecule has 6 nitrogen and oxygen atoms in total. The lowest BCUT2D eigenvalue weighted by Gasteiger charge is -2.28. The van der Waals surface area contributed by atoms with Crippen LogP contribution in [0, 0.1) is 0 Å². The zero-order valence-corrected chi connectivity index (χ0v) is 12.0. The monoisotopic (exact) mass is 283 g/mol. The Labute approximate surface area is 120 Å². The summed E-state index contributed by atoms with van der Waals surface area (Å²) >= 11 is 0. The lowest BCUT2D eigenvalue weighted by atomic mass is 10.1. The van der Waals surface area contributed by atoms with Crippen molar-refractivity contribution in [2.24, 2.45) is 0 Å². The molecule has 2 N–H and O–H groups in total. The van der Waals surface area contributed by atoms with Gasteiger partial charge >= 0.3 is 0 Å². The molecule has 0 bridgehead atoms. The number of hydrogen-bond acceptors (Lipinski definition) is 4. The number of carbonyl (C=O) groups is 2. The number of amides is 2. The first kappa shape index (κ1) is 15.3. The van der Waals surface area contributed by atoms with Crippen LogP contribution in [-0.2, 0) is 9.59 Å². The number of likely N-dealkylation sites (tertiary alicyclic amines) is 2. The highest BCUT2D eigenvalue weighted by atomic mass is 16.3. The number of aliphatic hydroxyl groups is 1. The summed E-state index contributed by atoms with van der Waals surface area (Å²) < 4.78 is 0. The van der Waals surface area contributed by atoms with Crippen molar-refractivity contribution in [3.8, 4) is 0 Å². The number of aliphatic hydroxyl groups excluding tert-OH is 1. The molecular formula is C14H25N3O3. The van der Waals surface area contributed by atoms with Crippen molar-refractivity contribution in [3.05, 3.63) is 0 Å². The molecule has 0 aliphatic carbocycles. The van der Waals surface area contributed by atoms with E-state index >= 15 is 0 Å². The molecule has 20 heavy (non-hydrogen) atoms. The van der Waals surface area contributed by atoms with E-state index in [4.69, 9.17) is 0 Å². The van der Waals surface area contributed by atoms with E-state index in [1.54, 1.807) is 0 Å². The molecule has 0 aromatic heterocycles. The SMILES string of the molecule is O=C(CN1CCC(O)CC1)NCCCN1CCCC1=O. The molecule has 0 spiro atoms. The highest BCUT2D eigenvalue weighted by molar-refractivity contribution is 5.78. The predicted octanol–water partition coefficient (Wildman–Crippen LogP) is -0.428. The summed E-state index contributed by atoms with van der Waals surface area (Å²) in [6.45, 7) is 4.22. The zero-order chi connectivity index (χ0) is 14.4. The first-order valence-electron chi connectivity index (χ1n) is 7.60. The molecule has 0 aromatic rings. The Morgan fingerprint density at radius 1 is 1.30 bits per heavy atom. The third-order valence-electron chi connectivity index (χ3n) is 4.02. The molecule has 2 heterocycles. The molecule has 6 heteroatoms. The second-order valence-electron chi connectivity index (χ2n) is 5.70. The van der Waals surface area contributed by atoms with Crippen LogP contribution in [0.25, 0.3) is 0 Å². The van der Waals surface area contributed by atoms with Gasteiger partial charge in [0.15, 0.2) is 0 Å². The maximum Gasteiger partial charge on any atom is 0.234 e. The second kappa shape index (κ2) is 7.59. The van der Waals surface area contributed by atoms with Gasteiger partial charge in [0, 0.05) is 39.1 Å². The van der Waals surface area contributed by atoms with Crippen LogP contribution in [0.1, 0.15) is 32.1 Å². The van der Waals surface area contributed by atoms with Crippen molar-refractivity contribution in [1.82, 2.24) is 15.1 Å². The van der Waals surface area contributed by atoms with Crippen LogP contribution < -0.4 is 5.32 Å². The molecular weight excluding hydrogens is 258 g/mol. The summed E-state index contributed by atoms with van der Waals surface area (Å²) in [5, 5.41) is 12.3. The van der Waals surface area contributed by atoms with Gasteiger partial charge in [0.25, 0.3) is 0 Å². The van der Waals surface area contributed by atoms with E-state index in [0.717, 1.165) is 51.9 Å². The van der Waals surface area contributed by atoms with Crippen molar-refractivity contribution in [2.75, 3.05) is 39.3 Å². The Morgan fingerprint density at radius 2 is 2.05 bits per heavy atom. The standard InChI is InChI=1S/C14H25N3O3/c18-12-4-9-16(10-5-12)11-13(19)15-6-2-8-17-7-1-3-14(17)20/h12,18H,1-11H2,(H,15,19). The number of rotatable bonds is 6. The van der Waals surface area contributed by atoms with Crippen molar-refractivity contribution in [3.63, 3.8) is 0 Å². The lowest BCUT2D eigenvalue weighted by molar-refractivity contribution is -0.127. The third-order valence-corrected chi connectivity index (χ3v) is 4.02. The van der Waals surface area contributed by atoms with E-state index in [1.165, 1.54) is 0 Å². The minimum Gasteiger partial charge on any atom is -0.393 e. The molecule has 0 unspecified atom stereocenters. The van der Waals surface area contributed by atoms with Crippen LogP contribution in [0.2, 0.25) is 0 Å². The molecule has 0 aromatic carbocycles. The number of hydrogen-bond donors (Lipinski definition) is 2. The average molecular weight is 283 g/mol. The number of piperidine rings is 1. The average Bonchev–Trinajstić information content (AvgIpc) is 2.83. The van der Waals surface area contributed by atoms with Crippen molar-refractivity contribution in [1.29, 1.82) is 0 Å². The number of carbonyl (C=O) groups excluding carboxylic acids is 2. The molecule has 2 aliphatic rings. The van der Waals surface area contributed by atoms with Crippen LogP contribution in [0.5, 0.6) is 0 Å². The van der Waals surface area contributed by atoms with Crippen molar-refractivity contribution < 1.29 is 14.7 Å². The molecule has 2 saturated heterocycles. The quantitative estimate of drug-likeness (QED) is 0.649. The molecule has 2 rings (SSSR count). The minimum atomic E-state index is -0.202. The van der Waals surface area contributed by atoms with E-state index in [1.807, 2.05) is 4.90 Å². The fourth-order valence-electron chi connectivity index (χ4n) is 2.77. The van der Waals surface area contributed by atoms with Crippen LogP contribution in [0.15, 0.2) is 0 Å². The van der Waals surface area contributed by atoms with E-state index in [0.29, 0.717) is 19.5 Å². The third kappa shape index (κ3) is 4.76. The highest BCUT2D eigenvalue weighted by Gasteiger charge is 2.20. The van der Waals surface area contributed by atoms with Gasteiger partial charge in [0.2, 0.25) is 11.8 Å². The Bertz CT molecular complexity index is 341. The fourth-order valence-corrected chi connectivity index (χ4v) is 2.77. The maximum atomic E-state index is 11.8. The summed E-state index contributed by atoms with van der Waals surface area (Å²) in [6.07, 6.45) is 3.76. The molecule has 0 radical (unpaired) electrons. The van der Waals surface area contributed by atoms with Crippen LogP contribution in [-0.4, -0.2) is 72.1 Å². The fraction of sp³-hybridized carbons (Fsp3) is 0.857. The van der Waals surface area contributed by atoms with Gasteiger partial charge in [-0.15, -0.1) is 0 Å². The van der Waals surface area contributed by atoms with Gasteiger partial charge in [-0.05, 0) is 25.7 Å². The normalized spacial score (nSPS) is 21.4. The Kier molecular flexibility index (Phi) is 5.79. The Hall–Kier alpha value is -1.14. The number of nitrogens with one attached hydrogen (secondary N) is 1. The van der Waals surface area contributed by atoms with Crippen molar-refractivity contribution >= 4 is 11.8 Å². The van der Waals surface area contributed by atoms with Gasteiger partial charge in [-0.3, -0.25) is 14.5 Å². The first-order chi connectivity index (χ1) is 9.65. The molecule has 2 aliphatic heterocycles. The van der Waals surface area contributed by atoms with E-state index in [9.17, 15) is 14.7 Å². The van der Waals surface area contributed by atoms with Gasteiger partial charge in [-0.2, -0.15) is 0 Å². The summed E-state index contributed by atoms with van der Waals surface area (Å²) in [7, 11) is 0. The van der Waals surface area contributed by atoms with Crippen LogP contribution >= 0.6 is 0 Å². The van der Waals surface area contributed by atoms with E-state index < -0.39 is 0 Å². The maximum absolute atomic E-state index is 11.8. The summed E-state index contributed by atoms with van der Waals surface area (Å²) in [4.78, 5) is 27.1. The predicted molar refractivity (Wildman–Crippen MR) is 75.1 cm³/mol. The largest absolute Gasteiger partial charge is 0.393 e. The summed E-state index contributed by atoms with van der Waals surface area (Å²) in [5.41, 5.74) is 0. The second-order valence-corrected chi connectivity index (χ2v) is 5.70. The zero-order valence-electron chi connectivity index (χ0n) is 12.0. The Morgan fingerprint density at radius 3 is 2.70 bits per heavy atom. The van der Waals surface area contributed by atoms with Gasteiger partial charge in [0.1, 0.15) is 0 Å². The summed E-state index contributed by atoms with van der Waals surface area (Å²) in [5.74, 6) is 0.275. The molecule has 0 saturated carbocycles. The van der Waals surface area contributed by atoms with Gasteiger partial charge < -0.3 is 15.3 Å². The molecule has 2 fully saturated rings. The van der Waals surface area contributed by atoms with E-state index in [2.05, 4.69) is 10.2 Å². The van der Waals surface area contributed by atoms with Crippen LogP contribution in [0.3, 0.4) is 0 Å². The Balaban J connectivity index is 1.53. The minimum absolute atomic E-state index is 0.0362. The van der Waals surface area contributed by atoms with Gasteiger partial charge in [-0.1, -0.05) is 0 Å². The van der Waals surface area contributed by atoms with E-state index in [-0.39, 0.29) is 17.9 Å². The molecule has 2 amide bonds. The topological polar surface area (TPSA) is 72.9 Å². The van der Waals surface area contributed by atoms with Crippen LogP contribution in [0.4, 0.5) is 0 Å². The van der Waals surface area contributed by atoms with Gasteiger partial charge in [0.05, 0.1) is 12.6 Å². The molecule has 114 valence electrons.